The van der Waals surface area contributed by atoms with Gasteiger partial charge >= 0.3 is 11.9 Å². The number of rotatable bonds is 26. The molecule has 0 spiro atoms. The number of esters is 2. The maximum atomic E-state index is 14.6. The molecule has 0 saturated carbocycles. The molecule has 0 N–H and O–H groups in total. The van der Waals surface area contributed by atoms with Gasteiger partial charge in [0, 0.05) is 18.2 Å². The third kappa shape index (κ3) is 15.7. The molecule has 7 heteroatoms. The molecule has 0 aromatic heterocycles. The predicted octanol–water partition coefficient (Wildman–Crippen LogP) is 14.6. The quantitative estimate of drug-likeness (QED) is 0.0315. The lowest BCUT2D eigenvalue weighted by atomic mass is 10.0. The second kappa shape index (κ2) is 25.1. The highest BCUT2D eigenvalue weighted by Gasteiger charge is 2.15. The Bertz CT molecular complexity index is 1830. The van der Waals surface area contributed by atoms with E-state index in [-0.39, 0.29) is 11.5 Å². The highest BCUT2D eigenvalue weighted by atomic mass is 19.1. The highest BCUT2D eigenvalue weighted by Crippen LogP contribution is 2.28. The number of carbonyl (C=O) groups is 2. The van der Waals surface area contributed by atoms with Crippen LogP contribution in [0.15, 0.2) is 115 Å². The molecule has 0 amide bonds. The molecule has 0 saturated heterocycles. The van der Waals surface area contributed by atoms with Crippen molar-refractivity contribution in [3.63, 3.8) is 0 Å². The van der Waals surface area contributed by atoms with Crippen molar-refractivity contribution in [2.24, 2.45) is 0 Å². The van der Waals surface area contributed by atoms with Crippen LogP contribution in [0.5, 0.6) is 23.0 Å². The van der Waals surface area contributed by atoms with Gasteiger partial charge in [0.1, 0.15) is 28.8 Å². The van der Waals surface area contributed by atoms with Crippen molar-refractivity contribution in [1.82, 2.24) is 0 Å². The van der Waals surface area contributed by atoms with Crippen molar-refractivity contribution >= 4 is 11.9 Å². The lowest BCUT2D eigenvalue weighted by Gasteiger charge is -2.10. The molecule has 0 unspecified atom stereocenters. The van der Waals surface area contributed by atoms with Gasteiger partial charge in [0.25, 0.3) is 0 Å². The van der Waals surface area contributed by atoms with Crippen LogP contribution < -0.4 is 18.9 Å². The van der Waals surface area contributed by atoms with Gasteiger partial charge in [-0.1, -0.05) is 152 Å². The zero-order valence-electron chi connectivity index (χ0n) is 35.0. The number of hydrogen-bond acceptors (Lipinski definition) is 6. The number of halogens is 1. The fourth-order valence-corrected chi connectivity index (χ4v) is 6.92. The van der Waals surface area contributed by atoms with Crippen LogP contribution in [0.3, 0.4) is 0 Å². The van der Waals surface area contributed by atoms with E-state index in [1.165, 1.54) is 96.0 Å². The van der Waals surface area contributed by atoms with Gasteiger partial charge in [-0.05, 0) is 83.6 Å². The smallest absolute Gasteiger partial charge is 0.343 e. The number of ether oxygens (including phenoxy) is 4. The van der Waals surface area contributed by atoms with Gasteiger partial charge in [-0.25, -0.2) is 14.0 Å². The number of benzene rings is 5. The van der Waals surface area contributed by atoms with E-state index in [1.807, 2.05) is 72.8 Å². The molecule has 0 fully saturated rings. The summed E-state index contributed by atoms with van der Waals surface area (Å²) in [6, 6.07) is 33.3. The number of unbranched alkanes of at least 4 members (excludes halogenated alkanes) is 14. The van der Waals surface area contributed by atoms with Crippen molar-refractivity contribution < 1.29 is 32.9 Å². The minimum atomic E-state index is -0.709. The fraction of sp³-hybridized carbons (Fsp3) is 0.385. The topological polar surface area (TPSA) is 71.1 Å². The lowest BCUT2D eigenvalue weighted by Crippen LogP contribution is -2.10. The van der Waals surface area contributed by atoms with Crippen LogP contribution >= 0.6 is 0 Å². The molecule has 0 aliphatic carbocycles. The minimum Gasteiger partial charge on any atom is -0.494 e. The van der Waals surface area contributed by atoms with Gasteiger partial charge in [-0.3, -0.25) is 0 Å². The average Bonchev–Trinajstić information content (AvgIpc) is 3.25. The normalized spacial score (nSPS) is 11.0. The van der Waals surface area contributed by atoms with E-state index >= 15 is 0 Å². The summed E-state index contributed by atoms with van der Waals surface area (Å²) >= 11 is 0. The summed E-state index contributed by atoms with van der Waals surface area (Å²) in [7, 11) is 0. The Morgan fingerprint density at radius 3 is 1.03 bits per heavy atom. The van der Waals surface area contributed by atoms with Crippen LogP contribution in [0.1, 0.15) is 137 Å². The van der Waals surface area contributed by atoms with Crippen LogP contribution in [0.25, 0.3) is 22.3 Å². The van der Waals surface area contributed by atoms with E-state index < -0.39 is 17.8 Å². The highest BCUT2D eigenvalue weighted by molar-refractivity contribution is 5.93. The largest absolute Gasteiger partial charge is 0.494 e. The van der Waals surface area contributed by atoms with E-state index in [4.69, 9.17) is 18.9 Å². The van der Waals surface area contributed by atoms with E-state index in [1.54, 1.807) is 24.3 Å². The number of hydrogen-bond donors (Lipinski definition) is 0. The SMILES string of the molecule is CCCCCCCCCCOc1ccc(-c2ccc(C(=O)Oc3cc(F)cc(OC(=O)c4ccc(-c5ccc(OCCCCCCCCCC)cc5)cc4)c3)cc2)cc1. The summed E-state index contributed by atoms with van der Waals surface area (Å²) in [5.41, 5.74) is 4.41. The second-order valence-corrected chi connectivity index (χ2v) is 15.3. The third-order valence-electron chi connectivity index (χ3n) is 10.4. The second-order valence-electron chi connectivity index (χ2n) is 15.3. The molecule has 5 aromatic rings. The van der Waals surface area contributed by atoms with Crippen LogP contribution in [0, 0.1) is 5.82 Å². The monoisotopic (exact) mass is 800 g/mol. The average molecular weight is 801 g/mol. The Kier molecular flexibility index (Phi) is 19.0. The van der Waals surface area contributed by atoms with Crippen molar-refractivity contribution in [1.29, 1.82) is 0 Å². The summed E-state index contributed by atoms with van der Waals surface area (Å²) in [5.74, 6) is -0.524. The fourth-order valence-electron chi connectivity index (χ4n) is 6.92. The first-order chi connectivity index (χ1) is 28.9. The Morgan fingerprint density at radius 2 is 0.695 bits per heavy atom. The molecule has 0 aliphatic rings. The van der Waals surface area contributed by atoms with Crippen LogP contribution in [-0.4, -0.2) is 25.2 Å². The van der Waals surface area contributed by atoms with E-state index in [0.29, 0.717) is 24.3 Å². The summed E-state index contributed by atoms with van der Waals surface area (Å²) in [6.07, 6.45) is 20.2. The summed E-state index contributed by atoms with van der Waals surface area (Å²) in [4.78, 5) is 26.0. The molecule has 0 bridgehead atoms. The van der Waals surface area contributed by atoms with Gasteiger partial charge in [0.2, 0.25) is 0 Å². The molecule has 0 radical (unpaired) electrons. The van der Waals surface area contributed by atoms with Crippen molar-refractivity contribution in [2.45, 2.75) is 117 Å². The van der Waals surface area contributed by atoms with E-state index in [0.717, 1.165) is 58.7 Å². The van der Waals surface area contributed by atoms with Crippen LogP contribution in [0.4, 0.5) is 4.39 Å². The van der Waals surface area contributed by atoms with Gasteiger partial charge in [0.05, 0.1) is 24.3 Å². The molecule has 5 aromatic carbocycles. The van der Waals surface area contributed by atoms with Crippen molar-refractivity contribution in [2.75, 3.05) is 13.2 Å². The molecule has 0 aliphatic heterocycles. The minimum absolute atomic E-state index is 0.0787. The lowest BCUT2D eigenvalue weighted by molar-refractivity contribution is 0.0732. The maximum Gasteiger partial charge on any atom is 0.343 e. The van der Waals surface area contributed by atoms with Gasteiger partial charge in [-0.2, -0.15) is 0 Å². The summed E-state index contributed by atoms with van der Waals surface area (Å²) < 4.78 is 37.4. The zero-order chi connectivity index (χ0) is 41.5. The molecular weight excluding hydrogens is 740 g/mol. The Labute approximate surface area is 351 Å². The first-order valence-corrected chi connectivity index (χ1v) is 21.8. The Morgan fingerprint density at radius 1 is 0.390 bits per heavy atom. The molecule has 5 rings (SSSR count). The maximum absolute atomic E-state index is 14.6. The summed E-state index contributed by atoms with van der Waals surface area (Å²) in [5, 5.41) is 0. The molecular formula is C52H61FO6. The van der Waals surface area contributed by atoms with Crippen molar-refractivity contribution in [3.8, 4) is 45.3 Å². The Balaban J connectivity index is 1.05. The molecule has 0 heterocycles. The standard InChI is InChI=1S/C52H61FO6/c1-3-5-7-9-11-13-15-17-35-56-47-31-27-42(28-32-47)40-19-23-44(24-20-40)51(54)58-49-37-46(53)38-50(39-49)59-52(55)45-25-21-41(22-26-45)43-29-33-48(34-30-43)57-36-18-16-14-12-10-8-6-4-2/h19-34,37-39H,3-18,35-36H2,1-2H3. The van der Waals surface area contributed by atoms with E-state index in [2.05, 4.69) is 13.8 Å². The first-order valence-electron chi connectivity index (χ1n) is 21.8. The Hall–Kier alpha value is -5.43. The molecule has 0 atom stereocenters. The van der Waals surface area contributed by atoms with Gasteiger partial charge in [0.15, 0.2) is 0 Å². The van der Waals surface area contributed by atoms with Gasteiger partial charge in [-0.15, -0.1) is 0 Å². The zero-order valence-corrected chi connectivity index (χ0v) is 35.0. The van der Waals surface area contributed by atoms with E-state index in [9.17, 15) is 14.0 Å². The van der Waals surface area contributed by atoms with Gasteiger partial charge < -0.3 is 18.9 Å². The number of carbonyl (C=O) groups excluding carboxylic acids is 2. The third-order valence-corrected chi connectivity index (χ3v) is 10.4. The van der Waals surface area contributed by atoms with Crippen LogP contribution in [-0.2, 0) is 0 Å². The molecule has 6 nitrogen and oxygen atoms in total. The molecule has 59 heavy (non-hydrogen) atoms. The van der Waals surface area contributed by atoms with Crippen LogP contribution in [0.2, 0.25) is 0 Å². The van der Waals surface area contributed by atoms with Crippen molar-refractivity contribution in [3.05, 3.63) is 132 Å². The summed E-state index contributed by atoms with van der Waals surface area (Å²) in [6.45, 7) is 5.90. The predicted molar refractivity (Wildman–Crippen MR) is 236 cm³/mol. The molecule has 312 valence electrons. The first kappa shape index (κ1) is 44.7.